The van der Waals surface area contributed by atoms with E-state index in [9.17, 15) is 4.79 Å². The summed E-state index contributed by atoms with van der Waals surface area (Å²) in [5, 5.41) is 5.03. The number of hydrogen-bond acceptors (Lipinski definition) is 5. The summed E-state index contributed by atoms with van der Waals surface area (Å²) < 4.78 is 11.3. The normalized spacial score (nSPS) is 11.4. The van der Waals surface area contributed by atoms with Crippen LogP contribution in [0.25, 0.3) is 0 Å². The lowest BCUT2D eigenvalue weighted by atomic mass is 10.3. The second-order valence-electron chi connectivity index (χ2n) is 5.43. The summed E-state index contributed by atoms with van der Waals surface area (Å²) in [6.07, 6.45) is 0.136. The standard InChI is InChI=1S/C18H20N2O3S/c1-12(2)22-16-7-9-17(10-8-16)23-18-20-15(11-24-18)6-5-13(3)19-14(4)21/h7-13H,1-4H3,(H,19,21). The number of rotatable bonds is 5. The number of thiazole rings is 1. The van der Waals surface area contributed by atoms with E-state index >= 15 is 0 Å². The van der Waals surface area contributed by atoms with E-state index in [2.05, 4.69) is 22.1 Å². The van der Waals surface area contributed by atoms with E-state index < -0.39 is 0 Å². The molecule has 1 heterocycles. The molecule has 0 saturated heterocycles. The first-order valence-corrected chi connectivity index (χ1v) is 8.49. The lowest BCUT2D eigenvalue weighted by Gasteiger charge is -2.09. The van der Waals surface area contributed by atoms with Crippen LogP contribution in [0.4, 0.5) is 0 Å². The molecule has 0 bridgehead atoms. The molecular formula is C18H20N2O3S. The molecule has 126 valence electrons. The number of aromatic nitrogens is 1. The van der Waals surface area contributed by atoms with Gasteiger partial charge < -0.3 is 14.8 Å². The summed E-state index contributed by atoms with van der Waals surface area (Å²) in [4.78, 5) is 15.2. The minimum absolute atomic E-state index is 0.107. The number of amides is 1. The van der Waals surface area contributed by atoms with E-state index in [1.165, 1.54) is 18.3 Å². The molecule has 0 saturated carbocycles. The molecular weight excluding hydrogens is 324 g/mol. The van der Waals surface area contributed by atoms with Crippen LogP contribution in [0, 0.1) is 11.8 Å². The number of nitrogens with zero attached hydrogens (tertiary/aromatic N) is 1. The summed E-state index contributed by atoms with van der Waals surface area (Å²) >= 11 is 1.37. The van der Waals surface area contributed by atoms with Crippen LogP contribution in [0.5, 0.6) is 16.7 Å². The molecule has 1 N–H and O–H groups in total. The molecule has 2 aromatic rings. The van der Waals surface area contributed by atoms with E-state index in [1.807, 2.05) is 50.4 Å². The quantitative estimate of drug-likeness (QED) is 0.842. The van der Waals surface area contributed by atoms with Gasteiger partial charge in [0.25, 0.3) is 5.19 Å². The van der Waals surface area contributed by atoms with Crippen LogP contribution in [-0.4, -0.2) is 23.0 Å². The number of carbonyl (C=O) groups is 1. The maximum absolute atomic E-state index is 10.9. The van der Waals surface area contributed by atoms with E-state index in [0.29, 0.717) is 16.6 Å². The lowest BCUT2D eigenvalue weighted by molar-refractivity contribution is -0.119. The molecule has 1 aromatic heterocycles. The van der Waals surface area contributed by atoms with E-state index in [0.717, 1.165) is 5.75 Å². The Labute approximate surface area is 146 Å². The van der Waals surface area contributed by atoms with Crippen molar-refractivity contribution in [3.05, 3.63) is 35.3 Å². The van der Waals surface area contributed by atoms with Gasteiger partial charge in [0.1, 0.15) is 17.2 Å². The fourth-order valence-electron chi connectivity index (χ4n) is 1.84. The Morgan fingerprint density at radius 2 is 1.88 bits per heavy atom. The number of carbonyl (C=O) groups excluding carboxylic acids is 1. The number of benzene rings is 1. The van der Waals surface area contributed by atoms with Crippen LogP contribution in [0.3, 0.4) is 0 Å². The first-order valence-electron chi connectivity index (χ1n) is 7.61. The molecule has 0 aliphatic rings. The second-order valence-corrected chi connectivity index (χ2v) is 6.25. The predicted octanol–water partition coefficient (Wildman–Crippen LogP) is 3.60. The van der Waals surface area contributed by atoms with Gasteiger partial charge in [0.15, 0.2) is 0 Å². The van der Waals surface area contributed by atoms with Gasteiger partial charge in [0.2, 0.25) is 5.91 Å². The minimum atomic E-state index is -0.220. The Hall–Kier alpha value is -2.52. The van der Waals surface area contributed by atoms with Crippen molar-refractivity contribution in [2.24, 2.45) is 0 Å². The average Bonchev–Trinajstić information content (AvgIpc) is 2.93. The Balaban J connectivity index is 1.96. The Morgan fingerprint density at radius 3 is 2.50 bits per heavy atom. The number of nitrogens with one attached hydrogen (secondary N) is 1. The Bertz CT molecular complexity index is 742. The van der Waals surface area contributed by atoms with Crippen molar-refractivity contribution in [1.82, 2.24) is 10.3 Å². The number of hydrogen-bond donors (Lipinski definition) is 1. The van der Waals surface area contributed by atoms with Crippen molar-refractivity contribution < 1.29 is 14.3 Å². The molecule has 1 unspecified atom stereocenters. The van der Waals surface area contributed by atoms with Crippen molar-refractivity contribution in [3.8, 4) is 28.5 Å². The van der Waals surface area contributed by atoms with E-state index in [-0.39, 0.29) is 18.1 Å². The van der Waals surface area contributed by atoms with Gasteiger partial charge in [0, 0.05) is 12.3 Å². The molecule has 1 atom stereocenters. The molecule has 1 amide bonds. The molecule has 2 rings (SSSR count). The highest BCUT2D eigenvalue weighted by atomic mass is 32.1. The van der Waals surface area contributed by atoms with Crippen molar-refractivity contribution in [3.63, 3.8) is 0 Å². The second kappa shape index (κ2) is 8.37. The SMILES string of the molecule is CC(=O)NC(C)C#Cc1csc(Oc2ccc(OC(C)C)cc2)n1. The van der Waals surface area contributed by atoms with Crippen LogP contribution in [0.15, 0.2) is 29.6 Å². The molecule has 0 fully saturated rings. The molecule has 1 aromatic carbocycles. The zero-order chi connectivity index (χ0) is 17.5. The first-order chi connectivity index (χ1) is 11.4. The smallest absolute Gasteiger partial charge is 0.279 e. The van der Waals surface area contributed by atoms with Crippen molar-refractivity contribution in [2.45, 2.75) is 39.8 Å². The third-order valence-electron chi connectivity index (χ3n) is 2.72. The average molecular weight is 344 g/mol. The molecule has 6 heteroatoms. The maximum atomic E-state index is 10.9. The van der Waals surface area contributed by atoms with Gasteiger partial charge in [0.05, 0.1) is 12.1 Å². The van der Waals surface area contributed by atoms with Gasteiger partial charge >= 0.3 is 0 Å². The van der Waals surface area contributed by atoms with Crippen molar-refractivity contribution in [1.29, 1.82) is 0 Å². The van der Waals surface area contributed by atoms with Crippen LogP contribution < -0.4 is 14.8 Å². The molecule has 0 aliphatic heterocycles. The van der Waals surface area contributed by atoms with Crippen LogP contribution >= 0.6 is 11.3 Å². The topological polar surface area (TPSA) is 60.5 Å². The lowest BCUT2D eigenvalue weighted by Crippen LogP contribution is -2.28. The monoisotopic (exact) mass is 344 g/mol. The molecule has 0 spiro atoms. The van der Waals surface area contributed by atoms with E-state index in [1.54, 1.807) is 0 Å². The maximum Gasteiger partial charge on any atom is 0.279 e. The van der Waals surface area contributed by atoms with Gasteiger partial charge in [-0.2, -0.15) is 4.98 Å². The summed E-state index contributed by atoms with van der Waals surface area (Å²) in [5.41, 5.74) is 0.618. The highest BCUT2D eigenvalue weighted by Crippen LogP contribution is 2.26. The third-order valence-corrected chi connectivity index (χ3v) is 3.44. The van der Waals surface area contributed by atoms with Gasteiger partial charge in [-0.25, -0.2) is 0 Å². The van der Waals surface area contributed by atoms with Gasteiger partial charge in [-0.05, 0) is 51.0 Å². The zero-order valence-corrected chi connectivity index (χ0v) is 14.9. The first kappa shape index (κ1) is 17.8. The summed E-state index contributed by atoms with van der Waals surface area (Å²) in [6.45, 7) is 7.24. The van der Waals surface area contributed by atoms with E-state index in [4.69, 9.17) is 9.47 Å². The molecule has 0 aliphatic carbocycles. The fourth-order valence-corrected chi connectivity index (χ4v) is 2.46. The predicted molar refractivity (Wildman–Crippen MR) is 94.6 cm³/mol. The Morgan fingerprint density at radius 1 is 1.21 bits per heavy atom. The van der Waals surface area contributed by atoms with Crippen LogP contribution in [-0.2, 0) is 4.79 Å². The number of ether oxygens (including phenoxy) is 2. The summed E-state index contributed by atoms with van der Waals surface area (Å²) in [7, 11) is 0. The molecule has 5 nitrogen and oxygen atoms in total. The van der Waals surface area contributed by atoms with Crippen molar-refractivity contribution in [2.75, 3.05) is 0 Å². The summed E-state index contributed by atoms with van der Waals surface area (Å²) in [6, 6.07) is 7.17. The third kappa shape index (κ3) is 5.94. The van der Waals surface area contributed by atoms with Gasteiger partial charge in [-0.1, -0.05) is 17.3 Å². The highest BCUT2D eigenvalue weighted by molar-refractivity contribution is 7.11. The van der Waals surface area contributed by atoms with Crippen LogP contribution in [0.1, 0.15) is 33.4 Å². The summed E-state index contributed by atoms with van der Waals surface area (Å²) in [5.74, 6) is 7.22. The van der Waals surface area contributed by atoms with Gasteiger partial charge in [-0.15, -0.1) is 0 Å². The fraction of sp³-hybridized carbons (Fsp3) is 0.333. The minimum Gasteiger partial charge on any atom is -0.491 e. The molecule has 0 radical (unpaired) electrons. The largest absolute Gasteiger partial charge is 0.491 e. The van der Waals surface area contributed by atoms with Crippen molar-refractivity contribution >= 4 is 17.2 Å². The highest BCUT2D eigenvalue weighted by Gasteiger charge is 2.04. The Kier molecular flexibility index (Phi) is 6.21. The van der Waals surface area contributed by atoms with Crippen LogP contribution in [0.2, 0.25) is 0 Å². The van der Waals surface area contributed by atoms with Gasteiger partial charge in [-0.3, -0.25) is 4.79 Å². The zero-order valence-electron chi connectivity index (χ0n) is 14.1. The molecule has 24 heavy (non-hydrogen) atoms.